The maximum atomic E-state index is 14.1. The maximum Gasteiger partial charge on any atom is 0.338 e. The van der Waals surface area contributed by atoms with Crippen LogP contribution in [0.4, 0.5) is 0 Å². The Balaban J connectivity index is 1.65. The number of carbonyl (C=O) groups excluding carboxylic acids is 1. The molecule has 0 saturated heterocycles. The number of ether oxygens (including phenoxy) is 4. The van der Waals surface area contributed by atoms with Crippen LogP contribution in [0.3, 0.4) is 0 Å². The lowest BCUT2D eigenvalue weighted by atomic mass is 9.93. The first-order valence-corrected chi connectivity index (χ1v) is 14.2. The molecule has 0 bridgehead atoms. The predicted octanol–water partition coefficient (Wildman–Crippen LogP) is 4.14. The van der Waals surface area contributed by atoms with Crippen molar-refractivity contribution in [3.8, 4) is 23.0 Å². The van der Waals surface area contributed by atoms with Crippen LogP contribution in [0.1, 0.15) is 29.7 Å². The van der Waals surface area contributed by atoms with Crippen molar-refractivity contribution in [3.05, 3.63) is 107 Å². The Labute approximate surface area is 246 Å². The Morgan fingerprint density at radius 3 is 2.71 bits per heavy atom. The van der Waals surface area contributed by atoms with Crippen LogP contribution in [0, 0.1) is 0 Å². The highest BCUT2D eigenvalue weighted by Crippen LogP contribution is 2.40. The summed E-state index contributed by atoms with van der Waals surface area (Å²) in [6.07, 6.45) is 1.58. The summed E-state index contributed by atoms with van der Waals surface area (Å²) in [7, 11) is 1.45. The van der Waals surface area contributed by atoms with E-state index in [9.17, 15) is 14.7 Å². The quantitative estimate of drug-likeness (QED) is 0.318. The Morgan fingerprint density at radius 1 is 1.17 bits per heavy atom. The lowest BCUT2D eigenvalue weighted by Crippen LogP contribution is -2.40. The second-order valence-corrected chi connectivity index (χ2v) is 11.0. The summed E-state index contributed by atoms with van der Waals surface area (Å²) in [5, 5.41) is 10.8. The minimum absolute atomic E-state index is 0.0803. The van der Waals surface area contributed by atoms with E-state index in [-0.39, 0.29) is 36.0 Å². The van der Waals surface area contributed by atoms with Crippen molar-refractivity contribution < 1.29 is 28.8 Å². The number of phenols is 1. The van der Waals surface area contributed by atoms with E-state index in [1.165, 1.54) is 11.7 Å². The number of aromatic nitrogens is 1. The number of nitrogens with zero attached hydrogens (tertiary/aromatic N) is 2. The Hall–Kier alpha value is -4.35. The van der Waals surface area contributed by atoms with E-state index in [4.69, 9.17) is 23.9 Å². The van der Waals surface area contributed by atoms with Crippen LogP contribution in [0.15, 0.2) is 80.5 Å². The smallest absolute Gasteiger partial charge is 0.338 e. The Kier molecular flexibility index (Phi) is 7.14. The van der Waals surface area contributed by atoms with Gasteiger partial charge in [0.05, 0.1) is 35.6 Å². The summed E-state index contributed by atoms with van der Waals surface area (Å²) in [6, 6.07) is 17.1. The zero-order valence-electron chi connectivity index (χ0n) is 21.9. The fourth-order valence-corrected chi connectivity index (χ4v) is 6.29. The lowest BCUT2D eigenvalue weighted by molar-refractivity contribution is -0.138. The standard InChI is InChI=1S/C30H23BrN2O7S/c1-3-38-29(36)24-25(16-7-5-4-6-8-16)32-30-33(26(24)17-9-10-20-21(12-17)40-15-39-20)28(35)23(41-30)13-18-11-19(31)14-22(37-2)27(18)34/h4-14,26,34H,3,15H2,1-2H3/t26-/m1/s1. The van der Waals surface area contributed by atoms with Gasteiger partial charge in [0.1, 0.15) is 0 Å². The molecule has 41 heavy (non-hydrogen) atoms. The number of phenolic OH excluding ortho intramolecular Hbond substituents is 1. The van der Waals surface area contributed by atoms with E-state index >= 15 is 0 Å². The number of aromatic hydroxyl groups is 1. The molecule has 9 nitrogen and oxygen atoms in total. The number of halogens is 1. The number of thiazole rings is 1. The highest BCUT2D eigenvalue weighted by Gasteiger charge is 2.36. The van der Waals surface area contributed by atoms with Crippen molar-refractivity contribution in [2.75, 3.05) is 20.5 Å². The first-order chi connectivity index (χ1) is 19.9. The molecule has 0 radical (unpaired) electrons. The van der Waals surface area contributed by atoms with Gasteiger partial charge in [-0.2, -0.15) is 0 Å². The van der Waals surface area contributed by atoms with Crippen molar-refractivity contribution in [1.82, 2.24) is 4.57 Å². The van der Waals surface area contributed by atoms with Gasteiger partial charge in [0.2, 0.25) is 6.79 Å². The molecular formula is C30H23BrN2O7S. The molecule has 0 amide bonds. The van der Waals surface area contributed by atoms with Gasteiger partial charge >= 0.3 is 5.97 Å². The number of fused-ring (bicyclic) bond motifs is 2. The van der Waals surface area contributed by atoms with E-state index in [1.807, 2.05) is 30.3 Å². The number of esters is 1. The minimum atomic E-state index is -0.872. The summed E-state index contributed by atoms with van der Waals surface area (Å²) < 4.78 is 24.4. The van der Waals surface area contributed by atoms with Gasteiger partial charge < -0.3 is 24.1 Å². The molecule has 1 aromatic heterocycles. The molecule has 4 aromatic rings. The Morgan fingerprint density at radius 2 is 1.95 bits per heavy atom. The van der Waals surface area contributed by atoms with Gasteiger partial charge in [0.25, 0.3) is 5.56 Å². The summed E-state index contributed by atoms with van der Waals surface area (Å²) in [5.74, 6) is 0.655. The SMILES string of the molecule is CCOC(=O)C1=C(c2ccccc2)N=c2sc(=Cc3cc(Br)cc(OC)c3O)c(=O)n2[C@@H]1c1ccc2c(c1)OCO2. The minimum Gasteiger partial charge on any atom is -0.504 e. The second kappa shape index (κ2) is 10.9. The molecule has 0 spiro atoms. The number of carbonyl (C=O) groups is 1. The van der Waals surface area contributed by atoms with Crippen molar-refractivity contribution >= 4 is 45.0 Å². The number of benzene rings is 3. The van der Waals surface area contributed by atoms with Crippen molar-refractivity contribution in [2.24, 2.45) is 4.99 Å². The molecular weight excluding hydrogens is 612 g/mol. The number of rotatable bonds is 6. The van der Waals surface area contributed by atoms with Crippen LogP contribution in [-0.4, -0.2) is 36.2 Å². The van der Waals surface area contributed by atoms with Crippen LogP contribution >= 0.6 is 27.3 Å². The number of hydrogen-bond donors (Lipinski definition) is 1. The zero-order chi connectivity index (χ0) is 28.7. The summed E-state index contributed by atoms with van der Waals surface area (Å²) >= 11 is 4.58. The molecule has 1 atom stereocenters. The molecule has 2 aliphatic heterocycles. The van der Waals surface area contributed by atoms with Crippen LogP contribution in [0.5, 0.6) is 23.0 Å². The molecule has 0 aliphatic carbocycles. The molecule has 3 heterocycles. The molecule has 0 fully saturated rings. The van der Waals surface area contributed by atoms with E-state index in [0.717, 1.165) is 11.3 Å². The molecule has 208 valence electrons. The first-order valence-electron chi connectivity index (χ1n) is 12.6. The summed E-state index contributed by atoms with van der Waals surface area (Å²) in [6.45, 7) is 1.95. The molecule has 3 aromatic carbocycles. The second-order valence-electron chi connectivity index (χ2n) is 9.09. The van der Waals surface area contributed by atoms with Gasteiger partial charge in [-0.25, -0.2) is 9.79 Å². The van der Waals surface area contributed by atoms with Crippen molar-refractivity contribution in [3.63, 3.8) is 0 Å². The third kappa shape index (κ3) is 4.81. The average molecular weight is 635 g/mol. The van der Waals surface area contributed by atoms with Crippen LogP contribution in [0.2, 0.25) is 0 Å². The van der Waals surface area contributed by atoms with E-state index in [0.29, 0.717) is 47.7 Å². The lowest BCUT2D eigenvalue weighted by Gasteiger charge is -2.26. The predicted molar refractivity (Wildman–Crippen MR) is 156 cm³/mol. The van der Waals surface area contributed by atoms with Gasteiger partial charge in [0.15, 0.2) is 27.8 Å². The first kappa shape index (κ1) is 26.9. The maximum absolute atomic E-state index is 14.1. The Bertz CT molecular complexity index is 1900. The monoisotopic (exact) mass is 634 g/mol. The van der Waals surface area contributed by atoms with Crippen LogP contribution in [-0.2, 0) is 9.53 Å². The van der Waals surface area contributed by atoms with Gasteiger partial charge in [-0.1, -0.05) is 63.7 Å². The zero-order valence-corrected chi connectivity index (χ0v) is 24.3. The van der Waals surface area contributed by atoms with E-state index in [2.05, 4.69) is 15.9 Å². The third-order valence-corrected chi connectivity index (χ3v) is 8.10. The highest BCUT2D eigenvalue weighted by molar-refractivity contribution is 9.10. The topological polar surface area (TPSA) is 109 Å². The normalized spacial score (nSPS) is 15.9. The molecule has 0 saturated carbocycles. The van der Waals surface area contributed by atoms with Gasteiger partial charge in [-0.05, 0) is 42.8 Å². The third-order valence-electron chi connectivity index (χ3n) is 6.66. The molecule has 2 aliphatic rings. The largest absolute Gasteiger partial charge is 0.504 e. The highest BCUT2D eigenvalue weighted by atomic mass is 79.9. The summed E-state index contributed by atoms with van der Waals surface area (Å²) in [4.78, 5) is 32.9. The van der Waals surface area contributed by atoms with E-state index in [1.54, 1.807) is 43.3 Å². The fraction of sp³-hybridized carbons (Fsp3) is 0.167. The molecule has 1 N–H and O–H groups in total. The number of methoxy groups -OCH3 is 1. The fourth-order valence-electron chi connectivity index (χ4n) is 4.84. The number of hydrogen-bond acceptors (Lipinski definition) is 9. The molecule has 11 heteroatoms. The van der Waals surface area contributed by atoms with Crippen LogP contribution in [0.25, 0.3) is 11.8 Å². The molecule has 6 rings (SSSR count). The van der Waals surface area contributed by atoms with Gasteiger partial charge in [0, 0.05) is 15.6 Å². The summed E-state index contributed by atoms with van der Waals surface area (Å²) in [5.41, 5.74) is 1.96. The van der Waals surface area contributed by atoms with E-state index < -0.39 is 12.0 Å². The van der Waals surface area contributed by atoms with Gasteiger partial charge in [-0.3, -0.25) is 9.36 Å². The molecule has 0 unspecified atom stereocenters. The van der Waals surface area contributed by atoms with Gasteiger partial charge in [-0.15, -0.1) is 0 Å². The average Bonchev–Trinajstić information content (AvgIpc) is 3.58. The van der Waals surface area contributed by atoms with Crippen molar-refractivity contribution in [1.29, 1.82) is 0 Å². The van der Waals surface area contributed by atoms with Crippen LogP contribution < -0.4 is 29.1 Å². The van der Waals surface area contributed by atoms with Crippen molar-refractivity contribution in [2.45, 2.75) is 13.0 Å².